The van der Waals surface area contributed by atoms with Crippen molar-refractivity contribution in [2.75, 3.05) is 23.1 Å². The summed E-state index contributed by atoms with van der Waals surface area (Å²) in [6, 6.07) is 18.4. The van der Waals surface area contributed by atoms with E-state index in [4.69, 9.17) is 22.3 Å². The van der Waals surface area contributed by atoms with E-state index in [0.717, 1.165) is 30.4 Å². The average Bonchev–Trinajstić information content (AvgIpc) is 3.53. The Morgan fingerprint density at radius 1 is 0.850 bits per heavy atom. The fraction of sp³-hybridized carbons (Fsp3) is 0.185. The van der Waals surface area contributed by atoms with Gasteiger partial charge in [0.05, 0.1) is 34.5 Å². The molecule has 2 aromatic heterocycles. The molecule has 0 aliphatic carbocycles. The van der Waals surface area contributed by atoms with E-state index in [1.165, 1.54) is 40.8 Å². The van der Waals surface area contributed by atoms with Crippen LogP contribution >= 0.6 is 46.2 Å². The van der Waals surface area contributed by atoms with E-state index >= 15 is 0 Å². The predicted octanol–water partition coefficient (Wildman–Crippen LogP) is 8.03. The molecule has 0 spiro atoms. The minimum absolute atomic E-state index is 0.0115. The number of nitrogens with two attached hydrogens (primary N) is 2. The van der Waals surface area contributed by atoms with Gasteiger partial charge in [-0.05, 0) is 54.3 Å². The molecule has 40 heavy (non-hydrogen) atoms. The summed E-state index contributed by atoms with van der Waals surface area (Å²) in [4.78, 5) is 11.8. The Morgan fingerprint density at radius 2 is 1.32 bits per heavy atom. The number of thiophene rings is 2. The zero-order valence-corrected chi connectivity index (χ0v) is 25.7. The van der Waals surface area contributed by atoms with Crippen LogP contribution in [0.2, 0.25) is 0 Å². The van der Waals surface area contributed by atoms with Crippen LogP contribution in [-0.2, 0) is 0 Å². The largest absolute Gasteiger partial charge is 0.383 e. The minimum atomic E-state index is -0.435. The first-order valence-corrected chi connectivity index (χ1v) is 16.0. The van der Waals surface area contributed by atoms with Crippen LogP contribution in [-0.4, -0.2) is 29.1 Å². The van der Waals surface area contributed by atoms with Gasteiger partial charge in [0.1, 0.15) is 11.7 Å². The van der Waals surface area contributed by atoms with E-state index in [9.17, 15) is 10.1 Å². The van der Waals surface area contributed by atoms with Gasteiger partial charge in [-0.15, -0.1) is 46.2 Å². The Morgan fingerprint density at radius 3 is 1.75 bits per heavy atom. The molecule has 0 atom stereocenters. The Hall–Kier alpha value is -3.52. The topological polar surface area (TPSA) is 167 Å². The van der Waals surface area contributed by atoms with Gasteiger partial charge in [-0.2, -0.15) is 0 Å². The molecule has 0 fully saturated rings. The van der Waals surface area contributed by atoms with Gasteiger partial charge in [0, 0.05) is 23.5 Å². The van der Waals surface area contributed by atoms with Gasteiger partial charge in [-0.25, -0.2) is 0 Å². The average molecular weight is 614 g/mol. The fourth-order valence-electron chi connectivity index (χ4n) is 3.48. The smallest absolute Gasteiger partial charge is 0.271 e. The summed E-state index contributed by atoms with van der Waals surface area (Å²) in [5.74, 6) is 0.638. The van der Waals surface area contributed by atoms with Crippen LogP contribution in [0.4, 0.5) is 28.4 Å². The number of nitrogen functional groups attached to an aromatic ring is 2. The molecule has 13 heteroatoms. The van der Waals surface area contributed by atoms with Gasteiger partial charge in [0.15, 0.2) is 0 Å². The van der Waals surface area contributed by atoms with Crippen LogP contribution in [0.1, 0.15) is 35.1 Å². The predicted molar refractivity (Wildman–Crippen MR) is 174 cm³/mol. The molecule has 0 aliphatic heterocycles. The lowest BCUT2D eigenvalue weighted by Gasteiger charge is -2.10. The monoisotopic (exact) mass is 613 g/mol. The van der Waals surface area contributed by atoms with Crippen LogP contribution < -0.4 is 22.1 Å². The number of hydrogen-bond donors (Lipinski definition) is 6. The molecule has 0 bridgehead atoms. The highest BCUT2D eigenvalue weighted by atomic mass is 32.2. The van der Waals surface area contributed by atoms with Gasteiger partial charge in [-0.1, -0.05) is 32.0 Å². The molecular weight excluding hydrogens is 583 g/mol. The number of thioether (sulfide) groups is 2. The lowest BCUT2D eigenvalue weighted by atomic mass is 10.0. The van der Waals surface area contributed by atoms with Crippen LogP contribution in [0, 0.1) is 20.9 Å². The van der Waals surface area contributed by atoms with Gasteiger partial charge in [0.25, 0.3) is 5.69 Å². The van der Waals surface area contributed by atoms with Crippen molar-refractivity contribution in [3.8, 4) is 0 Å². The van der Waals surface area contributed by atoms with Gasteiger partial charge >= 0.3 is 0 Å². The molecule has 0 radical (unpaired) electrons. The lowest BCUT2D eigenvalue weighted by Crippen LogP contribution is -2.08. The molecule has 4 aromatic rings. The van der Waals surface area contributed by atoms with Gasteiger partial charge in [-0.3, -0.25) is 20.9 Å². The summed E-state index contributed by atoms with van der Waals surface area (Å²) in [5, 5.41) is 32.3. The van der Waals surface area contributed by atoms with Crippen LogP contribution in [0.5, 0.6) is 0 Å². The van der Waals surface area contributed by atoms with E-state index in [1.54, 1.807) is 41.3 Å². The molecule has 4 rings (SSSR count). The molecule has 210 valence electrons. The second-order valence-corrected chi connectivity index (χ2v) is 13.0. The van der Waals surface area contributed by atoms with E-state index in [2.05, 4.69) is 48.7 Å². The number of amidine groups is 2. The Balaban J connectivity index is 0.000000220. The van der Waals surface area contributed by atoms with E-state index in [-0.39, 0.29) is 17.4 Å². The highest BCUT2D eigenvalue weighted by Gasteiger charge is 2.13. The van der Waals surface area contributed by atoms with Gasteiger partial charge in [0.2, 0.25) is 0 Å². The number of nitro benzene ring substituents is 1. The zero-order chi connectivity index (χ0) is 29.4. The Labute approximate surface area is 249 Å². The van der Waals surface area contributed by atoms with Crippen molar-refractivity contribution in [2.24, 2.45) is 11.5 Å². The number of non-ortho nitro benzene ring substituents is 1. The summed E-state index contributed by atoms with van der Waals surface area (Å²) < 4.78 is 2.12. The molecule has 2 heterocycles. The molecule has 0 saturated heterocycles. The normalized spacial score (nSPS) is 10.5. The van der Waals surface area contributed by atoms with E-state index in [0.29, 0.717) is 16.5 Å². The van der Waals surface area contributed by atoms with Crippen LogP contribution in [0.15, 0.2) is 69.1 Å². The van der Waals surface area contributed by atoms with Crippen molar-refractivity contribution < 1.29 is 4.92 Å². The maximum absolute atomic E-state index is 10.8. The Kier molecular flexibility index (Phi) is 11.0. The first kappa shape index (κ1) is 31.0. The van der Waals surface area contributed by atoms with Crippen LogP contribution in [0.3, 0.4) is 0 Å². The lowest BCUT2D eigenvalue weighted by molar-refractivity contribution is -0.384. The molecule has 2 aromatic carbocycles. The van der Waals surface area contributed by atoms with E-state index in [1.807, 2.05) is 18.6 Å². The summed E-state index contributed by atoms with van der Waals surface area (Å²) in [5.41, 5.74) is 15.9. The summed E-state index contributed by atoms with van der Waals surface area (Å²) >= 11 is 6.16. The van der Waals surface area contributed by atoms with Crippen molar-refractivity contribution in [2.45, 2.75) is 28.2 Å². The number of benzene rings is 2. The SMILES string of the molecule is CSc1sc(C(=N)N)cc1Nc1cccc(C(C)C)c1.CSc1sc(C(=N)N)cc1Nc1cccc([N+](=O)[O-])c1. The molecule has 8 N–H and O–H groups in total. The minimum Gasteiger partial charge on any atom is -0.383 e. The second-order valence-electron chi connectivity index (χ2n) is 8.70. The van der Waals surface area contributed by atoms with Crippen molar-refractivity contribution in [3.63, 3.8) is 0 Å². The van der Waals surface area contributed by atoms with Crippen molar-refractivity contribution in [1.82, 2.24) is 0 Å². The zero-order valence-electron chi connectivity index (χ0n) is 22.4. The third-order valence-corrected chi connectivity index (χ3v) is 10.1. The summed E-state index contributed by atoms with van der Waals surface area (Å²) in [6.45, 7) is 4.37. The maximum Gasteiger partial charge on any atom is 0.271 e. The maximum atomic E-state index is 10.8. The van der Waals surface area contributed by atoms with Gasteiger partial charge < -0.3 is 22.1 Å². The number of rotatable bonds is 10. The van der Waals surface area contributed by atoms with E-state index < -0.39 is 4.92 Å². The molecule has 0 unspecified atom stereocenters. The summed E-state index contributed by atoms with van der Waals surface area (Å²) in [7, 11) is 0. The number of hydrogen-bond acceptors (Lipinski definition) is 10. The Bertz CT molecular complexity index is 1510. The third-order valence-electron chi connectivity index (χ3n) is 5.47. The molecular formula is C27H31N7O2S4. The quantitative estimate of drug-likeness (QED) is 0.0343. The van der Waals surface area contributed by atoms with Crippen molar-refractivity contribution in [1.29, 1.82) is 10.8 Å². The second kappa shape index (κ2) is 14.2. The molecule has 0 aliphatic rings. The molecule has 0 saturated carbocycles. The molecule has 9 nitrogen and oxygen atoms in total. The first-order valence-electron chi connectivity index (χ1n) is 11.9. The number of nitrogens with zero attached hydrogens (tertiary/aromatic N) is 1. The standard InChI is InChI=1S/C15H19N3S2.C12H12N4O2S2/c1-9(2)10-5-4-6-11(7-10)18-12-8-13(14(16)17)20-15(12)19-3;1-19-12-9(6-10(20-12)11(13)14)15-7-3-2-4-8(5-7)16(17)18/h4-9,18H,1-3H3,(H3,16,17);2-6,15H,1H3,(H3,13,14). The highest BCUT2D eigenvalue weighted by Crippen LogP contribution is 2.38. The number of anilines is 4. The summed E-state index contributed by atoms with van der Waals surface area (Å²) in [6.07, 6.45) is 3.96. The highest BCUT2D eigenvalue weighted by molar-refractivity contribution is 8.00. The third kappa shape index (κ3) is 8.24. The fourth-order valence-corrected chi connectivity index (χ4v) is 6.75. The first-order chi connectivity index (χ1) is 19.0. The van der Waals surface area contributed by atoms with Crippen molar-refractivity contribution >= 4 is 86.3 Å². The van der Waals surface area contributed by atoms with Crippen LogP contribution in [0.25, 0.3) is 0 Å². The molecule has 0 amide bonds. The van der Waals surface area contributed by atoms with Crippen molar-refractivity contribution in [3.05, 3.63) is 86.1 Å². The number of nitrogens with one attached hydrogen (secondary N) is 4. The number of nitro groups is 1.